The number of hydrogen-bond acceptors (Lipinski definition) is 3. The summed E-state index contributed by atoms with van der Waals surface area (Å²) in [5, 5.41) is 10.6. The van der Waals surface area contributed by atoms with Gasteiger partial charge in [0.05, 0.1) is 12.7 Å². The van der Waals surface area contributed by atoms with Crippen LogP contribution in [0.1, 0.15) is 13.8 Å². The SMILES string of the molecule is COCC(O)CN(C)CC(CBr)C(C)C. The molecule has 15 heavy (non-hydrogen) atoms. The zero-order valence-corrected chi connectivity index (χ0v) is 11.8. The van der Waals surface area contributed by atoms with Gasteiger partial charge >= 0.3 is 0 Å². The van der Waals surface area contributed by atoms with Crippen LogP contribution in [0.4, 0.5) is 0 Å². The molecule has 0 amide bonds. The Morgan fingerprint density at radius 1 is 1.33 bits per heavy atom. The van der Waals surface area contributed by atoms with Crippen molar-refractivity contribution in [1.82, 2.24) is 4.90 Å². The van der Waals surface area contributed by atoms with Crippen molar-refractivity contribution < 1.29 is 9.84 Å². The summed E-state index contributed by atoms with van der Waals surface area (Å²) < 4.78 is 4.90. The van der Waals surface area contributed by atoms with E-state index < -0.39 is 0 Å². The molecule has 0 fully saturated rings. The standard InChI is InChI=1S/C11H24BrNO2/c1-9(2)10(5-12)6-13(3)7-11(14)8-15-4/h9-11,14H,5-8H2,1-4H3. The minimum Gasteiger partial charge on any atom is -0.389 e. The predicted molar refractivity (Wildman–Crippen MR) is 67.5 cm³/mol. The minimum absolute atomic E-state index is 0.386. The third-order valence-electron chi connectivity index (χ3n) is 2.57. The van der Waals surface area contributed by atoms with E-state index in [2.05, 4.69) is 34.7 Å². The smallest absolute Gasteiger partial charge is 0.0899 e. The molecule has 0 aliphatic carbocycles. The molecule has 0 radical (unpaired) electrons. The summed E-state index contributed by atoms with van der Waals surface area (Å²) in [6, 6.07) is 0. The van der Waals surface area contributed by atoms with Crippen LogP contribution in [0.2, 0.25) is 0 Å². The van der Waals surface area contributed by atoms with Crippen LogP contribution < -0.4 is 0 Å². The van der Waals surface area contributed by atoms with Crippen LogP contribution >= 0.6 is 15.9 Å². The molecule has 0 spiro atoms. The van der Waals surface area contributed by atoms with Crippen molar-refractivity contribution in [3.8, 4) is 0 Å². The van der Waals surface area contributed by atoms with Crippen LogP contribution in [0.3, 0.4) is 0 Å². The van der Waals surface area contributed by atoms with E-state index in [4.69, 9.17) is 4.74 Å². The van der Waals surface area contributed by atoms with Crippen LogP contribution in [0.15, 0.2) is 0 Å². The number of alkyl halides is 1. The number of hydrogen-bond donors (Lipinski definition) is 1. The first kappa shape index (κ1) is 15.4. The number of methoxy groups -OCH3 is 1. The molecule has 0 aromatic heterocycles. The number of ether oxygens (including phenoxy) is 1. The van der Waals surface area contributed by atoms with Crippen molar-refractivity contribution in [3.63, 3.8) is 0 Å². The molecule has 4 heteroatoms. The van der Waals surface area contributed by atoms with Crippen molar-refractivity contribution in [1.29, 1.82) is 0 Å². The molecule has 0 saturated heterocycles. The number of halogens is 1. The van der Waals surface area contributed by atoms with Crippen molar-refractivity contribution in [2.75, 3.05) is 39.2 Å². The summed E-state index contributed by atoms with van der Waals surface area (Å²) in [6.07, 6.45) is -0.386. The van der Waals surface area contributed by atoms with Gasteiger partial charge in [-0.15, -0.1) is 0 Å². The second-order valence-corrected chi connectivity index (χ2v) is 5.14. The Morgan fingerprint density at radius 3 is 2.33 bits per heavy atom. The van der Waals surface area contributed by atoms with Crippen molar-refractivity contribution in [2.24, 2.45) is 11.8 Å². The first-order valence-corrected chi connectivity index (χ1v) is 6.54. The van der Waals surface area contributed by atoms with E-state index in [9.17, 15) is 5.11 Å². The molecule has 2 atom stereocenters. The fourth-order valence-electron chi connectivity index (χ4n) is 1.52. The van der Waals surface area contributed by atoms with Gasteiger partial charge < -0.3 is 14.7 Å². The normalized spacial score (nSPS) is 16.0. The average Bonchev–Trinajstić information content (AvgIpc) is 2.13. The summed E-state index contributed by atoms with van der Waals surface area (Å²) in [6.45, 7) is 6.54. The third-order valence-corrected chi connectivity index (χ3v) is 3.40. The molecule has 0 aliphatic heterocycles. The first-order valence-electron chi connectivity index (χ1n) is 5.42. The number of aliphatic hydroxyl groups excluding tert-OH is 1. The zero-order valence-electron chi connectivity index (χ0n) is 10.2. The van der Waals surface area contributed by atoms with E-state index in [-0.39, 0.29) is 6.10 Å². The quantitative estimate of drug-likeness (QED) is 0.686. The monoisotopic (exact) mass is 281 g/mol. The molecule has 0 heterocycles. The van der Waals surface area contributed by atoms with E-state index in [1.165, 1.54) is 0 Å². The highest BCUT2D eigenvalue weighted by molar-refractivity contribution is 9.09. The Labute approximate surface area is 102 Å². The molecule has 0 aliphatic rings. The molecule has 0 saturated carbocycles. The largest absolute Gasteiger partial charge is 0.389 e. The first-order chi connectivity index (χ1) is 7.01. The Bertz CT molecular complexity index is 156. The number of likely N-dealkylation sites (N-methyl/N-ethyl adjacent to an activating group) is 1. The molecule has 0 bridgehead atoms. The van der Waals surface area contributed by atoms with Crippen LogP contribution in [0.25, 0.3) is 0 Å². The van der Waals surface area contributed by atoms with Crippen molar-refractivity contribution in [2.45, 2.75) is 20.0 Å². The predicted octanol–water partition coefficient (Wildman–Crippen LogP) is 1.59. The van der Waals surface area contributed by atoms with E-state index in [0.717, 1.165) is 11.9 Å². The summed E-state index contributed by atoms with van der Waals surface area (Å²) in [5.74, 6) is 1.29. The molecule has 3 nitrogen and oxygen atoms in total. The van der Waals surface area contributed by atoms with Gasteiger partial charge in [-0.2, -0.15) is 0 Å². The molecule has 0 aromatic carbocycles. The molecule has 2 unspecified atom stereocenters. The van der Waals surface area contributed by atoms with Crippen LogP contribution in [0, 0.1) is 11.8 Å². The maximum Gasteiger partial charge on any atom is 0.0899 e. The Kier molecular flexibility index (Phi) is 8.71. The lowest BCUT2D eigenvalue weighted by Crippen LogP contribution is -2.36. The van der Waals surface area contributed by atoms with E-state index in [1.54, 1.807) is 7.11 Å². The summed E-state index contributed by atoms with van der Waals surface area (Å²) in [5.41, 5.74) is 0. The van der Waals surface area contributed by atoms with Gasteiger partial charge in [0.2, 0.25) is 0 Å². The topological polar surface area (TPSA) is 32.7 Å². The van der Waals surface area contributed by atoms with Gasteiger partial charge in [-0.3, -0.25) is 0 Å². The fourth-order valence-corrected chi connectivity index (χ4v) is 2.47. The number of nitrogens with zero attached hydrogens (tertiary/aromatic N) is 1. The van der Waals surface area contributed by atoms with E-state index in [1.807, 2.05) is 7.05 Å². The highest BCUT2D eigenvalue weighted by Crippen LogP contribution is 2.14. The zero-order chi connectivity index (χ0) is 11.8. The van der Waals surface area contributed by atoms with Gasteiger partial charge in [0, 0.05) is 25.5 Å². The summed E-state index contributed by atoms with van der Waals surface area (Å²) in [4.78, 5) is 2.16. The summed E-state index contributed by atoms with van der Waals surface area (Å²) >= 11 is 3.53. The van der Waals surface area contributed by atoms with Crippen molar-refractivity contribution >= 4 is 15.9 Å². The second kappa shape index (κ2) is 8.50. The third kappa shape index (κ3) is 7.28. The number of rotatable bonds is 8. The molecule has 0 aromatic rings. The Hall–Kier alpha value is 0.360. The number of aliphatic hydroxyl groups is 1. The van der Waals surface area contributed by atoms with Gasteiger partial charge in [-0.1, -0.05) is 29.8 Å². The molecule has 0 rings (SSSR count). The van der Waals surface area contributed by atoms with Gasteiger partial charge in [0.25, 0.3) is 0 Å². The Balaban J connectivity index is 3.84. The van der Waals surface area contributed by atoms with Gasteiger partial charge in [0.15, 0.2) is 0 Å². The second-order valence-electron chi connectivity index (χ2n) is 4.49. The molecule has 1 N–H and O–H groups in total. The van der Waals surface area contributed by atoms with Crippen LogP contribution in [0.5, 0.6) is 0 Å². The summed E-state index contributed by atoms with van der Waals surface area (Å²) in [7, 11) is 3.65. The van der Waals surface area contributed by atoms with Crippen molar-refractivity contribution in [3.05, 3.63) is 0 Å². The molecular weight excluding hydrogens is 258 g/mol. The van der Waals surface area contributed by atoms with Gasteiger partial charge in [-0.25, -0.2) is 0 Å². The van der Waals surface area contributed by atoms with Gasteiger partial charge in [-0.05, 0) is 18.9 Å². The maximum atomic E-state index is 9.57. The highest BCUT2D eigenvalue weighted by Gasteiger charge is 2.16. The lowest BCUT2D eigenvalue weighted by molar-refractivity contribution is 0.0397. The van der Waals surface area contributed by atoms with E-state index in [0.29, 0.717) is 25.0 Å². The Morgan fingerprint density at radius 2 is 1.93 bits per heavy atom. The average molecular weight is 282 g/mol. The maximum absolute atomic E-state index is 9.57. The lowest BCUT2D eigenvalue weighted by atomic mass is 9.97. The van der Waals surface area contributed by atoms with E-state index >= 15 is 0 Å². The van der Waals surface area contributed by atoms with Crippen LogP contribution in [-0.2, 0) is 4.74 Å². The molecular formula is C11H24BrNO2. The molecule has 92 valence electrons. The minimum atomic E-state index is -0.386. The van der Waals surface area contributed by atoms with Crippen LogP contribution in [-0.4, -0.2) is 55.3 Å². The highest BCUT2D eigenvalue weighted by atomic mass is 79.9. The lowest BCUT2D eigenvalue weighted by Gasteiger charge is -2.26. The van der Waals surface area contributed by atoms with Gasteiger partial charge in [0.1, 0.15) is 0 Å². The fraction of sp³-hybridized carbons (Fsp3) is 1.00.